The Morgan fingerprint density at radius 1 is 0.312 bits per heavy atom. The van der Waals surface area contributed by atoms with Gasteiger partial charge in [-0.05, 0) is 25.7 Å². The molecular weight excluding hydrogens is 947 g/mol. The van der Waals surface area contributed by atoms with Crippen molar-refractivity contribution in [3.05, 3.63) is 0 Å². The molecule has 0 aromatic rings. The lowest BCUT2D eigenvalue weighted by Gasteiger charge is -2.22. The van der Waals surface area contributed by atoms with Crippen molar-refractivity contribution in [2.75, 3.05) is 13.2 Å². The first-order valence-electron chi connectivity index (χ1n) is 35.8. The minimum Gasteiger partial charge on any atom is -0.466 e. The molecule has 0 aromatic carbocycles. The Labute approximate surface area is 483 Å². The summed E-state index contributed by atoms with van der Waals surface area (Å²) in [5.41, 5.74) is 0. The molecule has 6 heteroatoms. The van der Waals surface area contributed by atoms with Gasteiger partial charge in [0.05, 0.1) is 25.4 Å². The Morgan fingerprint density at radius 2 is 0.532 bits per heavy atom. The summed E-state index contributed by atoms with van der Waals surface area (Å²) < 4.78 is 5.50. The summed E-state index contributed by atoms with van der Waals surface area (Å²) in [5.74, 6) is -0.00882. The van der Waals surface area contributed by atoms with Crippen LogP contribution in [0.25, 0.3) is 0 Å². The number of unbranched alkanes of at least 4 members (excludes halogenated alkanes) is 57. The summed E-state index contributed by atoms with van der Waals surface area (Å²) >= 11 is 0. The Bertz CT molecular complexity index is 1120. The maximum atomic E-state index is 12.6. The number of nitrogens with one attached hydrogen (secondary N) is 1. The monoisotopic (exact) mass is 1090 g/mol. The average Bonchev–Trinajstić information content (AvgIpc) is 3.43. The number of aliphatic hydroxyl groups is 2. The van der Waals surface area contributed by atoms with Crippen LogP contribution in [0.2, 0.25) is 0 Å². The molecule has 3 N–H and O–H groups in total. The molecule has 0 bridgehead atoms. The van der Waals surface area contributed by atoms with E-state index in [0.717, 1.165) is 38.5 Å². The molecule has 0 aromatic heterocycles. The van der Waals surface area contributed by atoms with Crippen molar-refractivity contribution in [1.82, 2.24) is 5.32 Å². The van der Waals surface area contributed by atoms with Crippen LogP contribution in [0.1, 0.15) is 418 Å². The number of esters is 1. The van der Waals surface area contributed by atoms with Crippen LogP contribution in [0.15, 0.2) is 0 Å². The molecule has 0 aliphatic heterocycles. The van der Waals surface area contributed by atoms with Crippen LogP contribution >= 0.6 is 0 Å². The van der Waals surface area contributed by atoms with Crippen molar-refractivity contribution in [3.8, 4) is 0 Å². The zero-order chi connectivity index (χ0) is 55.7. The molecule has 0 aliphatic rings. The van der Waals surface area contributed by atoms with Gasteiger partial charge in [-0.1, -0.05) is 380 Å². The van der Waals surface area contributed by atoms with Gasteiger partial charge < -0.3 is 20.3 Å². The quantitative estimate of drug-likeness (QED) is 0.0417. The smallest absolute Gasteiger partial charge is 0.305 e. The van der Waals surface area contributed by atoms with Gasteiger partial charge in [0.2, 0.25) is 5.91 Å². The number of ether oxygens (including phenoxy) is 1. The Balaban J connectivity index is 3.35. The first-order valence-corrected chi connectivity index (χ1v) is 35.8. The van der Waals surface area contributed by atoms with Crippen LogP contribution in [-0.4, -0.2) is 47.4 Å². The van der Waals surface area contributed by atoms with Crippen LogP contribution in [0.3, 0.4) is 0 Å². The lowest BCUT2D eigenvalue weighted by atomic mass is 10.0. The second-order valence-electron chi connectivity index (χ2n) is 24.9. The minimum absolute atomic E-state index is 0.0193. The predicted octanol–water partition coefficient (Wildman–Crippen LogP) is 23.0. The highest BCUT2D eigenvalue weighted by atomic mass is 16.5. The first kappa shape index (κ1) is 75.9. The first-order chi connectivity index (χ1) is 38.0. The number of hydrogen-bond donors (Lipinski definition) is 3. The minimum atomic E-state index is -0.664. The van der Waals surface area contributed by atoms with Crippen molar-refractivity contribution in [2.24, 2.45) is 0 Å². The standard InChI is InChI=1S/C71H141NO5/c1-3-5-7-9-11-13-15-17-19-20-21-22-27-30-33-36-39-43-47-51-55-59-63-69(74)68(67-73)72-70(75)64-60-56-52-48-44-40-37-34-31-28-25-23-24-26-29-32-35-38-42-46-50-54-58-62-66-77-71(76)65-61-57-53-49-45-41-18-16-14-12-10-8-6-4-2/h68-69,73-74H,3-67H2,1-2H3,(H,72,75). The van der Waals surface area contributed by atoms with E-state index in [4.69, 9.17) is 4.74 Å². The average molecular weight is 1090 g/mol. The molecule has 0 rings (SSSR count). The van der Waals surface area contributed by atoms with Crippen LogP contribution in [-0.2, 0) is 14.3 Å². The van der Waals surface area contributed by atoms with E-state index in [1.807, 2.05) is 0 Å². The molecule has 0 spiro atoms. The van der Waals surface area contributed by atoms with Crippen molar-refractivity contribution in [2.45, 2.75) is 431 Å². The van der Waals surface area contributed by atoms with Gasteiger partial charge in [0.25, 0.3) is 0 Å². The fourth-order valence-electron chi connectivity index (χ4n) is 11.7. The molecule has 6 nitrogen and oxygen atoms in total. The summed E-state index contributed by atoms with van der Waals surface area (Å²) in [6.07, 6.45) is 81.5. The van der Waals surface area contributed by atoms with Crippen LogP contribution in [0.4, 0.5) is 0 Å². The number of carbonyl (C=O) groups excluding carboxylic acids is 2. The molecule has 0 fully saturated rings. The summed E-state index contributed by atoms with van der Waals surface area (Å²) in [5, 5.41) is 23.4. The fraction of sp³-hybridized carbons (Fsp3) is 0.972. The van der Waals surface area contributed by atoms with Gasteiger partial charge in [-0.3, -0.25) is 9.59 Å². The van der Waals surface area contributed by atoms with E-state index in [1.54, 1.807) is 0 Å². The van der Waals surface area contributed by atoms with E-state index < -0.39 is 12.1 Å². The number of aliphatic hydroxyl groups excluding tert-OH is 2. The van der Waals surface area contributed by atoms with Crippen LogP contribution in [0, 0.1) is 0 Å². The molecule has 2 atom stereocenters. The summed E-state index contributed by atoms with van der Waals surface area (Å²) in [6.45, 7) is 5.01. The van der Waals surface area contributed by atoms with Gasteiger partial charge in [-0.2, -0.15) is 0 Å². The molecule has 0 saturated heterocycles. The lowest BCUT2D eigenvalue weighted by Crippen LogP contribution is -2.45. The topological polar surface area (TPSA) is 95.9 Å². The number of carbonyl (C=O) groups is 2. The zero-order valence-electron chi connectivity index (χ0n) is 52.7. The van der Waals surface area contributed by atoms with Gasteiger partial charge >= 0.3 is 5.97 Å². The van der Waals surface area contributed by atoms with E-state index in [-0.39, 0.29) is 18.5 Å². The van der Waals surface area contributed by atoms with Crippen molar-refractivity contribution >= 4 is 11.9 Å². The van der Waals surface area contributed by atoms with E-state index in [1.165, 1.54) is 347 Å². The summed E-state index contributed by atoms with van der Waals surface area (Å²) in [4.78, 5) is 24.6. The van der Waals surface area contributed by atoms with Crippen LogP contribution < -0.4 is 5.32 Å². The van der Waals surface area contributed by atoms with E-state index in [2.05, 4.69) is 19.2 Å². The highest BCUT2D eigenvalue weighted by molar-refractivity contribution is 5.76. The van der Waals surface area contributed by atoms with Gasteiger partial charge in [-0.15, -0.1) is 0 Å². The number of hydrogen-bond acceptors (Lipinski definition) is 5. The van der Waals surface area contributed by atoms with Gasteiger partial charge in [0.1, 0.15) is 0 Å². The third kappa shape index (κ3) is 63.9. The summed E-state index contributed by atoms with van der Waals surface area (Å²) in [7, 11) is 0. The zero-order valence-corrected chi connectivity index (χ0v) is 52.7. The van der Waals surface area contributed by atoms with Crippen molar-refractivity contribution in [3.63, 3.8) is 0 Å². The maximum Gasteiger partial charge on any atom is 0.305 e. The molecule has 1 amide bonds. The Kier molecular flexibility index (Phi) is 66.4. The number of amides is 1. The van der Waals surface area contributed by atoms with E-state index in [0.29, 0.717) is 25.9 Å². The molecular formula is C71H141NO5. The highest BCUT2D eigenvalue weighted by Crippen LogP contribution is 2.20. The van der Waals surface area contributed by atoms with Gasteiger partial charge in [0.15, 0.2) is 0 Å². The normalized spacial score (nSPS) is 12.4. The molecule has 2 unspecified atom stereocenters. The van der Waals surface area contributed by atoms with Gasteiger partial charge in [-0.25, -0.2) is 0 Å². The van der Waals surface area contributed by atoms with Crippen molar-refractivity contribution in [1.29, 1.82) is 0 Å². The Morgan fingerprint density at radius 3 is 0.792 bits per heavy atom. The second kappa shape index (κ2) is 67.4. The largest absolute Gasteiger partial charge is 0.466 e. The fourth-order valence-corrected chi connectivity index (χ4v) is 11.7. The third-order valence-corrected chi connectivity index (χ3v) is 17.2. The molecule has 0 aliphatic carbocycles. The van der Waals surface area contributed by atoms with E-state index in [9.17, 15) is 19.8 Å². The highest BCUT2D eigenvalue weighted by Gasteiger charge is 2.20. The maximum absolute atomic E-state index is 12.6. The summed E-state index contributed by atoms with van der Waals surface area (Å²) in [6, 6.07) is -0.540. The molecule has 460 valence electrons. The van der Waals surface area contributed by atoms with Gasteiger partial charge in [0, 0.05) is 12.8 Å². The Hall–Kier alpha value is -1.14. The molecule has 0 heterocycles. The number of rotatable bonds is 68. The van der Waals surface area contributed by atoms with Crippen molar-refractivity contribution < 1.29 is 24.5 Å². The predicted molar refractivity (Wildman–Crippen MR) is 338 cm³/mol. The molecule has 77 heavy (non-hydrogen) atoms. The second-order valence-corrected chi connectivity index (χ2v) is 24.9. The van der Waals surface area contributed by atoms with Crippen LogP contribution in [0.5, 0.6) is 0 Å². The third-order valence-electron chi connectivity index (χ3n) is 17.2. The molecule has 0 saturated carbocycles. The lowest BCUT2D eigenvalue weighted by molar-refractivity contribution is -0.143. The molecule has 0 radical (unpaired) electrons. The van der Waals surface area contributed by atoms with E-state index >= 15 is 0 Å². The SMILES string of the molecule is CCCCCCCCCCCCCCCCCCCCCCCCC(O)C(CO)NC(=O)CCCCCCCCCCCCCCCCCCCCCCCCCCOC(=O)CCCCCCCCCCCCCCCC.